The van der Waals surface area contributed by atoms with Gasteiger partial charge in [-0.05, 0) is 42.8 Å². The summed E-state index contributed by atoms with van der Waals surface area (Å²) in [6, 6.07) is 23.0. The van der Waals surface area contributed by atoms with Crippen LogP contribution in [-0.4, -0.2) is 25.2 Å². The summed E-state index contributed by atoms with van der Waals surface area (Å²) in [4.78, 5) is 25.0. The van der Waals surface area contributed by atoms with Crippen LogP contribution in [0.1, 0.15) is 33.2 Å². The third-order valence-electron chi connectivity index (χ3n) is 4.16. The summed E-state index contributed by atoms with van der Waals surface area (Å²) in [7, 11) is 0. The molecule has 0 bridgehead atoms. The lowest BCUT2D eigenvalue weighted by Gasteiger charge is -2.11. The second kappa shape index (κ2) is 10.1. The van der Waals surface area contributed by atoms with Crippen molar-refractivity contribution in [1.82, 2.24) is 0 Å². The Morgan fingerprint density at radius 3 is 2.38 bits per heavy atom. The molecule has 3 aromatic carbocycles. The molecule has 29 heavy (non-hydrogen) atoms. The molecule has 3 aromatic rings. The number of carbonyl (C=O) groups is 2. The fraction of sp³-hybridized carbons (Fsp3) is 0.167. The van der Waals surface area contributed by atoms with Gasteiger partial charge in [0.2, 0.25) is 0 Å². The molecule has 0 saturated heterocycles. The molecule has 3 rings (SSSR count). The average molecular weight is 390 g/mol. The van der Waals surface area contributed by atoms with Crippen LogP contribution in [0.3, 0.4) is 0 Å². The minimum Gasteiger partial charge on any atom is -0.494 e. The van der Waals surface area contributed by atoms with Crippen molar-refractivity contribution in [2.75, 3.05) is 13.2 Å². The molecule has 0 aliphatic rings. The molecule has 5 heteroatoms. The van der Waals surface area contributed by atoms with Crippen molar-refractivity contribution in [2.24, 2.45) is 0 Å². The van der Waals surface area contributed by atoms with Crippen molar-refractivity contribution >= 4 is 11.9 Å². The van der Waals surface area contributed by atoms with E-state index in [-0.39, 0.29) is 17.9 Å². The highest BCUT2D eigenvalue weighted by atomic mass is 16.5. The second-order valence-corrected chi connectivity index (χ2v) is 6.22. The van der Waals surface area contributed by atoms with Crippen molar-refractivity contribution in [3.63, 3.8) is 0 Å². The van der Waals surface area contributed by atoms with E-state index >= 15 is 0 Å². The van der Waals surface area contributed by atoms with Crippen LogP contribution in [0.5, 0.6) is 11.5 Å². The number of hydrogen-bond donors (Lipinski definition) is 0. The number of rotatable bonds is 8. The Kier molecular flexibility index (Phi) is 7.00. The van der Waals surface area contributed by atoms with Crippen LogP contribution in [0.2, 0.25) is 0 Å². The minimum absolute atomic E-state index is 0.157. The number of para-hydroxylation sites is 1. The van der Waals surface area contributed by atoms with Crippen LogP contribution in [0, 0.1) is 0 Å². The zero-order valence-electron chi connectivity index (χ0n) is 16.2. The van der Waals surface area contributed by atoms with Gasteiger partial charge in [-0.15, -0.1) is 0 Å². The Morgan fingerprint density at radius 2 is 1.59 bits per heavy atom. The molecular weight excluding hydrogens is 368 g/mol. The van der Waals surface area contributed by atoms with Gasteiger partial charge in [0.05, 0.1) is 18.8 Å². The molecule has 0 radical (unpaired) electrons. The summed E-state index contributed by atoms with van der Waals surface area (Å²) in [5.74, 6) is -0.372. The SMILES string of the molecule is CCOc1cccc(C(=O)Oc2ccccc2C(=O)OCCc2ccccc2)c1. The summed E-state index contributed by atoms with van der Waals surface area (Å²) in [5.41, 5.74) is 1.62. The van der Waals surface area contributed by atoms with E-state index in [4.69, 9.17) is 14.2 Å². The smallest absolute Gasteiger partial charge is 0.343 e. The maximum absolute atomic E-state index is 12.5. The average Bonchev–Trinajstić information content (AvgIpc) is 2.75. The Hall–Kier alpha value is -3.60. The summed E-state index contributed by atoms with van der Waals surface area (Å²) in [6.07, 6.45) is 0.610. The summed E-state index contributed by atoms with van der Waals surface area (Å²) in [5, 5.41) is 0. The highest BCUT2D eigenvalue weighted by molar-refractivity contribution is 5.96. The molecule has 0 amide bonds. The van der Waals surface area contributed by atoms with E-state index in [2.05, 4.69) is 0 Å². The Morgan fingerprint density at radius 1 is 0.828 bits per heavy atom. The van der Waals surface area contributed by atoms with Crippen molar-refractivity contribution in [1.29, 1.82) is 0 Å². The summed E-state index contributed by atoms with van der Waals surface area (Å²) < 4.78 is 16.2. The first-order valence-corrected chi connectivity index (χ1v) is 9.42. The fourth-order valence-electron chi connectivity index (χ4n) is 2.75. The van der Waals surface area contributed by atoms with E-state index in [1.807, 2.05) is 37.3 Å². The second-order valence-electron chi connectivity index (χ2n) is 6.22. The molecule has 0 saturated carbocycles. The molecule has 0 N–H and O–H groups in total. The maximum Gasteiger partial charge on any atom is 0.343 e. The fourth-order valence-corrected chi connectivity index (χ4v) is 2.75. The first kappa shape index (κ1) is 20.1. The molecular formula is C24H22O5. The lowest BCUT2D eigenvalue weighted by Crippen LogP contribution is -2.14. The van der Waals surface area contributed by atoms with E-state index in [0.717, 1.165) is 5.56 Å². The predicted molar refractivity (Wildman–Crippen MR) is 109 cm³/mol. The number of benzene rings is 3. The number of esters is 2. The molecule has 148 valence electrons. The van der Waals surface area contributed by atoms with Gasteiger partial charge >= 0.3 is 11.9 Å². The van der Waals surface area contributed by atoms with Gasteiger partial charge in [0.25, 0.3) is 0 Å². The first-order valence-electron chi connectivity index (χ1n) is 9.42. The zero-order chi connectivity index (χ0) is 20.5. The number of hydrogen-bond acceptors (Lipinski definition) is 5. The van der Waals surface area contributed by atoms with Gasteiger partial charge < -0.3 is 14.2 Å². The first-order chi connectivity index (χ1) is 14.2. The van der Waals surface area contributed by atoms with Crippen molar-refractivity contribution in [2.45, 2.75) is 13.3 Å². The highest BCUT2D eigenvalue weighted by Crippen LogP contribution is 2.22. The van der Waals surface area contributed by atoms with Crippen LogP contribution in [0.25, 0.3) is 0 Å². The molecule has 0 heterocycles. The van der Waals surface area contributed by atoms with Gasteiger partial charge in [0, 0.05) is 6.42 Å². The molecule has 0 aliphatic carbocycles. The third-order valence-corrected chi connectivity index (χ3v) is 4.16. The van der Waals surface area contributed by atoms with Gasteiger partial charge in [0.1, 0.15) is 17.1 Å². The van der Waals surface area contributed by atoms with E-state index in [0.29, 0.717) is 24.3 Å². The summed E-state index contributed by atoms with van der Waals surface area (Å²) in [6.45, 7) is 2.60. The Labute approximate surface area is 169 Å². The van der Waals surface area contributed by atoms with Crippen molar-refractivity contribution < 1.29 is 23.8 Å². The zero-order valence-corrected chi connectivity index (χ0v) is 16.2. The van der Waals surface area contributed by atoms with Crippen LogP contribution in [0.4, 0.5) is 0 Å². The van der Waals surface area contributed by atoms with Gasteiger partial charge in [0.15, 0.2) is 0 Å². The Bertz CT molecular complexity index is 966. The molecule has 5 nitrogen and oxygen atoms in total. The van der Waals surface area contributed by atoms with E-state index in [1.165, 1.54) is 0 Å². The van der Waals surface area contributed by atoms with Crippen molar-refractivity contribution in [3.8, 4) is 11.5 Å². The van der Waals surface area contributed by atoms with Crippen LogP contribution in [-0.2, 0) is 11.2 Å². The maximum atomic E-state index is 12.5. The van der Waals surface area contributed by atoms with Gasteiger partial charge in [-0.3, -0.25) is 0 Å². The van der Waals surface area contributed by atoms with Gasteiger partial charge in [-0.2, -0.15) is 0 Å². The minimum atomic E-state index is -0.573. The van der Waals surface area contributed by atoms with Crippen LogP contribution in [0.15, 0.2) is 78.9 Å². The monoisotopic (exact) mass is 390 g/mol. The highest BCUT2D eigenvalue weighted by Gasteiger charge is 2.17. The van der Waals surface area contributed by atoms with E-state index in [1.54, 1.807) is 48.5 Å². The lowest BCUT2D eigenvalue weighted by molar-refractivity contribution is 0.0503. The third kappa shape index (κ3) is 5.69. The molecule has 0 spiro atoms. The molecule has 0 unspecified atom stereocenters. The number of ether oxygens (including phenoxy) is 3. The summed E-state index contributed by atoms with van der Waals surface area (Å²) >= 11 is 0. The van der Waals surface area contributed by atoms with E-state index in [9.17, 15) is 9.59 Å². The predicted octanol–water partition coefficient (Wildman–Crippen LogP) is 4.70. The quantitative estimate of drug-likeness (QED) is 0.412. The Balaban J connectivity index is 1.65. The van der Waals surface area contributed by atoms with Gasteiger partial charge in [-0.25, -0.2) is 9.59 Å². The molecule has 0 atom stereocenters. The molecule has 0 aromatic heterocycles. The van der Waals surface area contributed by atoms with Crippen molar-refractivity contribution in [3.05, 3.63) is 95.6 Å². The number of carbonyl (C=O) groups excluding carboxylic acids is 2. The van der Waals surface area contributed by atoms with Gasteiger partial charge in [-0.1, -0.05) is 48.5 Å². The lowest BCUT2D eigenvalue weighted by atomic mass is 10.1. The molecule has 0 aliphatic heterocycles. The largest absolute Gasteiger partial charge is 0.494 e. The normalized spacial score (nSPS) is 10.2. The van der Waals surface area contributed by atoms with E-state index < -0.39 is 11.9 Å². The molecule has 0 fully saturated rings. The van der Waals surface area contributed by atoms with Crippen LogP contribution < -0.4 is 9.47 Å². The van der Waals surface area contributed by atoms with Crippen LogP contribution >= 0.6 is 0 Å². The standard InChI is InChI=1S/C24H22O5/c1-2-27-20-12-8-11-19(17-20)23(25)29-22-14-7-6-13-21(22)24(26)28-16-15-18-9-4-3-5-10-18/h3-14,17H,2,15-16H2,1H3. The topological polar surface area (TPSA) is 61.8 Å².